The number of hydrogen-bond acceptors (Lipinski definition) is 5. The molecule has 1 amide bonds. The summed E-state index contributed by atoms with van der Waals surface area (Å²) in [4.78, 5) is 25.5. The molecule has 1 saturated heterocycles. The molecule has 0 atom stereocenters. The molecule has 1 N–H and O–H groups in total. The second kappa shape index (κ2) is 8.76. The first kappa shape index (κ1) is 22.0. The summed E-state index contributed by atoms with van der Waals surface area (Å²) in [5.74, 6) is -1.10. The molecule has 2 heterocycles. The summed E-state index contributed by atoms with van der Waals surface area (Å²) in [6, 6.07) is 12.2. The largest absolute Gasteiger partial charge is 0.465 e. The fourth-order valence-corrected chi connectivity index (χ4v) is 5.55. The fraction of sp³-hybridized carbons (Fsp3) is 0.304. The number of benzene rings is 2. The molecule has 1 fully saturated rings. The highest BCUT2D eigenvalue weighted by molar-refractivity contribution is 7.89. The Labute approximate surface area is 186 Å². The summed E-state index contributed by atoms with van der Waals surface area (Å²) in [6.45, 7) is 0.969. The van der Waals surface area contributed by atoms with Gasteiger partial charge in [0.25, 0.3) is 5.91 Å². The van der Waals surface area contributed by atoms with Crippen molar-refractivity contribution in [1.29, 1.82) is 0 Å². The number of sulfonamides is 1. The van der Waals surface area contributed by atoms with E-state index in [0.29, 0.717) is 18.8 Å². The Balaban J connectivity index is 1.66. The molecule has 1 aromatic heterocycles. The molecule has 0 unspecified atom stereocenters. The summed E-state index contributed by atoms with van der Waals surface area (Å²) >= 11 is 0. The average Bonchev–Trinajstić information content (AvgIpc) is 3.21. The maximum Gasteiger partial charge on any atom is 0.339 e. The second-order valence-corrected chi connectivity index (χ2v) is 9.77. The van der Waals surface area contributed by atoms with E-state index in [9.17, 15) is 18.0 Å². The number of fused-ring (bicyclic) bond motifs is 1. The molecule has 1 aliphatic rings. The number of rotatable bonds is 5. The molecule has 0 aliphatic carbocycles. The van der Waals surface area contributed by atoms with Crippen LogP contribution in [0.25, 0.3) is 10.8 Å². The van der Waals surface area contributed by atoms with E-state index in [1.54, 1.807) is 19.2 Å². The molecule has 0 spiro atoms. The van der Waals surface area contributed by atoms with Crippen molar-refractivity contribution in [1.82, 2.24) is 8.87 Å². The molecule has 4 rings (SSSR count). The van der Waals surface area contributed by atoms with E-state index >= 15 is 0 Å². The Morgan fingerprint density at radius 2 is 1.66 bits per heavy atom. The zero-order chi connectivity index (χ0) is 22.9. The molecule has 2 aromatic carbocycles. The van der Waals surface area contributed by atoms with Gasteiger partial charge < -0.3 is 14.6 Å². The number of aromatic nitrogens is 1. The smallest absolute Gasteiger partial charge is 0.339 e. The third-order valence-corrected chi connectivity index (χ3v) is 7.57. The molecule has 0 saturated carbocycles. The number of methoxy groups -OCH3 is 1. The van der Waals surface area contributed by atoms with Gasteiger partial charge in [0.1, 0.15) is 10.6 Å². The van der Waals surface area contributed by atoms with Crippen molar-refractivity contribution in [2.24, 2.45) is 7.05 Å². The minimum atomic E-state index is -3.67. The highest BCUT2D eigenvalue weighted by Crippen LogP contribution is 2.27. The third-order valence-electron chi connectivity index (χ3n) is 5.70. The van der Waals surface area contributed by atoms with E-state index < -0.39 is 21.9 Å². The van der Waals surface area contributed by atoms with Crippen molar-refractivity contribution in [3.05, 3.63) is 59.9 Å². The van der Waals surface area contributed by atoms with Gasteiger partial charge >= 0.3 is 5.97 Å². The highest BCUT2D eigenvalue weighted by atomic mass is 32.2. The Morgan fingerprint density at radius 1 is 1.00 bits per heavy atom. The van der Waals surface area contributed by atoms with Crippen LogP contribution in [0, 0.1) is 0 Å². The lowest BCUT2D eigenvalue weighted by molar-refractivity contribution is 0.0602. The van der Waals surface area contributed by atoms with Crippen LogP contribution in [0.3, 0.4) is 0 Å². The van der Waals surface area contributed by atoms with Gasteiger partial charge in [-0.3, -0.25) is 4.79 Å². The van der Waals surface area contributed by atoms with Crippen LogP contribution < -0.4 is 5.32 Å². The van der Waals surface area contributed by atoms with Gasteiger partial charge in [0, 0.05) is 26.3 Å². The van der Waals surface area contributed by atoms with E-state index in [1.807, 2.05) is 24.3 Å². The van der Waals surface area contributed by atoms with Gasteiger partial charge in [-0.1, -0.05) is 30.7 Å². The molecule has 0 radical (unpaired) electrons. The Bertz CT molecular complexity index is 1290. The monoisotopic (exact) mass is 455 g/mol. The van der Waals surface area contributed by atoms with Crippen LogP contribution in [0.1, 0.15) is 40.1 Å². The Kier molecular flexibility index (Phi) is 6.03. The number of nitrogens with one attached hydrogen (secondary N) is 1. The van der Waals surface area contributed by atoms with Crippen molar-refractivity contribution in [3.63, 3.8) is 0 Å². The summed E-state index contributed by atoms with van der Waals surface area (Å²) < 4.78 is 33.8. The summed E-state index contributed by atoms with van der Waals surface area (Å²) in [5.41, 5.74) is 0.682. The second-order valence-electron chi connectivity index (χ2n) is 7.83. The molecular weight excluding hydrogens is 430 g/mol. The van der Waals surface area contributed by atoms with Crippen LogP contribution in [0.2, 0.25) is 0 Å². The Morgan fingerprint density at radius 3 is 2.31 bits per heavy atom. The maximum atomic E-state index is 13.1. The first-order valence-electron chi connectivity index (χ1n) is 10.4. The number of anilines is 1. The standard InChI is InChI=1S/C23H25N3O5S/c1-25-15-18(32(29,30)26-10-6-3-7-11-26)14-21(25)22(27)24-20-13-17-9-5-4-8-16(17)12-19(20)23(28)31-2/h4-5,8-9,12-15H,3,6-7,10-11H2,1-2H3,(H,24,27). The fourth-order valence-electron chi connectivity index (χ4n) is 3.96. The van der Waals surface area contributed by atoms with Gasteiger partial charge in [-0.05, 0) is 41.8 Å². The van der Waals surface area contributed by atoms with Crippen molar-refractivity contribution in [2.45, 2.75) is 24.2 Å². The number of carbonyl (C=O) groups is 2. The van der Waals surface area contributed by atoms with Crippen LogP contribution in [0.5, 0.6) is 0 Å². The molecule has 32 heavy (non-hydrogen) atoms. The van der Waals surface area contributed by atoms with Crippen LogP contribution >= 0.6 is 0 Å². The van der Waals surface area contributed by atoms with Crippen LogP contribution in [-0.2, 0) is 21.8 Å². The van der Waals surface area contributed by atoms with Crippen molar-refractivity contribution < 1.29 is 22.7 Å². The topological polar surface area (TPSA) is 97.7 Å². The highest BCUT2D eigenvalue weighted by Gasteiger charge is 2.28. The van der Waals surface area contributed by atoms with Crippen molar-refractivity contribution in [2.75, 3.05) is 25.5 Å². The van der Waals surface area contributed by atoms with Gasteiger partial charge in [0.15, 0.2) is 0 Å². The Hall–Kier alpha value is -3.17. The van der Waals surface area contributed by atoms with Crippen molar-refractivity contribution >= 4 is 38.4 Å². The zero-order valence-corrected chi connectivity index (χ0v) is 18.8. The first-order chi connectivity index (χ1) is 15.3. The number of amides is 1. The number of ether oxygens (including phenoxy) is 1. The minimum Gasteiger partial charge on any atom is -0.465 e. The quantitative estimate of drug-likeness (QED) is 0.595. The molecule has 9 heteroatoms. The molecule has 1 aliphatic heterocycles. The number of carbonyl (C=O) groups excluding carboxylic acids is 2. The number of aryl methyl sites for hydroxylation is 1. The molecule has 8 nitrogen and oxygen atoms in total. The van der Waals surface area contributed by atoms with Gasteiger partial charge in [0.05, 0.1) is 18.4 Å². The third kappa shape index (κ3) is 4.13. The number of nitrogens with zero attached hydrogens (tertiary/aromatic N) is 2. The number of hydrogen-bond donors (Lipinski definition) is 1. The lowest BCUT2D eigenvalue weighted by Gasteiger charge is -2.25. The van der Waals surface area contributed by atoms with Gasteiger partial charge in [0.2, 0.25) is 10.0 Å². The molecular formula is C23H25N3O5S. The van der Waals surface area contributed by atoms with E-state index in [2.05, 4.69) is 5.32 Å². The summed E-state index contributed by atoms with van der Waals surface area (Å²) in [7, 11) is -0.773. The van der Waals surface area contributed by atoms with Crippen LogP contribution in [-0.4, -0.2) is 49.4 Å². The first-order valence-corrected chi connectivity index (χ1v) is 11.8. The van der Waals surface area contributed by atoms with E-state index in [4.69, 9.17) is 4.74 Å². The minimum absolute atomic E-state index is 0.0822. The lowest BCUT2D eigenvalue weighted by atomic mass is 10.0. The van der Waals surface area contributed by atoms with Crippen LogP contribution in [0.15, 0.2) is 53.6 Å². The van der Waals surface area contributed by atoms with Gasteiger partial charge in [-0.25, -0.2) is 13.2 Å². The number of esters is 1. The predicted molar refractivity (Wildman–Crippen MR) is 121 cm³/mol. The zero-order valence-electron chi connectivity index (χ0n) is 18.0. The summed E-state index contributed by atoms with van der Waals surface area (Å²) in [6.07, 6.45) is 4.12. The van der Waals surface area contributed by atoms with E-state index in [0.717, 1.165) is 30.0 Å². The van der Waals surface area contributed by atoms with E-state index in [1.165, 1.54) is 28.2 Å². The van der Waals surface area contributed by atoms with Crippen LogP contribution in [0.4, 0.5) is 5.69 Å². The van der Waals surface area contributed by atoms with E-state index in [-0.39, 0.29) is 16.2 Å². The summed E-state index contributed by atoms with van der Waals surface area (Å²) in [5, 5.41) is 4.43. The molecule has 168 valence electrons. The normalized spacial score (nSPS) is 14.9. The lowest BCUT2D eigenvalue weighted by Crippen LogP contribution is -2.35. The predicted octanol–water partition coefficient (Wildman–Crippen LogP) is 3.39. The molecule has 0 bridgehead atoms. The molecule has 3 aromatic rings. The van der Waals surface area contributed by atoms with Gasteiger partial charge in [-0.15, -0.1) is 0 Å². The maximum absolute atomic E-state index is 13.1. The van der Waals surface area contributed by atoms with Gasteiger partial charge in [-0.2, -0.15) is 4.31 Å². The number of piperidine rings is 1. The average molecular weight is 456 g/mol. The SMILES string of the molecule is COC(=O)c1cc2ccccc2cc1NC(=O)c1cc(S(=O)(=O)N2CCCCC2)cn1C. The van der Waals surface area contributed by atoms with Crippen molar-refractivity contribution in [3.8, 4) is 0 Å².